The number of methoxy groups -OCH3 is 1. The van der Waals surface area contributed by atoms with Crippen LogP contribution in [0.15, 0.2) is 24.3 Å². The molecule has 1 aromatic carbocycles. The molecule has 0 aliphatic carbocycles. The van der Waals surface area contributed by atoms with Gasteiger partial charge < -0.3 is 10.1 Å². The van der Waals surface area contributed by atoms with Crippen molar-refractivity contribution in [2.24, 2.45) is 0 Å². The van der Waals surface area contributed by atoms with E-state index in [0.717, 1.165) is 26.2 Å². The van der Waals surface area contributed by atoms with Gasteiger partial charge in [-0.2, -0.15) is 0 Å². The van der Waals surface area contributed by atoms with Crippen molar-refractivity contribution < 1.29 is 4.74 Å². The smallest absolute Gasteiger partial charge is 0.0587 e. The monoisotopic (exact) mass is 250 g/mol. The summed E-state index contributed by atoms with van der Waals surface area (Å²) in [5.41, 5.74) is 2.68. The molecule has 3 nitrogen and oxygen atoms in total. The molecule has 0 radical (unpaired) electrons. The van der Waals surface area contributed by atoms with E-state index in [9.17, 15) is 0 Å². The highest BCUT2D eigenvalue weighted by Crippen LogP contribution is 2.07. The molecule has 0 fully saturated rings. The van der Waals surface area contributed by atoms with Crippen LogP contribution in [0, 0.1) is 6.92 Å². The summed E-state index contributed by atoms with van der Waals surface area (Å²) in [5, 5.41) is 3.40. The van der Waals surface area contributed by atoms with Crippen molar-refractivity contribution in [3.8, 4) is 0 Å². The topological polar surface area (TPSA) is 24.5 Å². The van der Waals surface area contributed by atoms with E-state index in [4.69, 9.17) is 4.74 Å². The third-order valence-corrected chi connectivity index (χ3v) is 3.23. The van der Waals surface area contributed by atoms with E-state index in [-0.39, 0.29) is 0 Å². The predicted molar refractivity (Wildman–Crippen MR) is 76.9 cm³/mol. The highest BCUT2D eigenvalue weighted by molar-refractivity contribution is 5.21. The minimum Gasteiger partial charge on any atom is -0.383 e. The Kier molecular flexibility index (Phi) is 6.94. The van der Waals surface area contributed by atoms with Crippen molar-refractivity contribution in [3.05, 3.63) is 35.4 Å². The molecular weight excluding hydrogens is 224 g/mol. The molecule has 0 bridgehead atoms. The number of nitrogens with zero attached hydrogens (tertiary/aromatic N) is 1. The molecule has 0 heterocycles. The molecule has 18 heavy (non-hydrogen) atoms. The highest BCUT2D eigenvalue weighted by atomic mass is 16.5. The maximum Gasteiger partial charge on any atom is 0.0587 e. The van der Waals surface area contributed by atoms with Gasteiger partial charge in [0.2, 0.25) is 0 Å². The fraction of sp³-hybridized carbons (Fsp3) is 0.600. The Morgan fingerprint density at radius 2 is 1.94 bits per heavy atom. The third-order valence-electron chi connectivity index (χ3n) is 3.23. The number of rotatable bonds is 8. The summed E-state index contributed by atoms with van der Waals surface area (Å²) < 4.78 is 5.01. The van der Waals surface area contributed by atoms with Gasteiger partial charge in [0.1, 0.15) is 0 Å². The van der Waals surface area contributed by atoms with Crippen LogP contribution >= 0.6 is 0 Å². The number of hydrogen-bond acceptors (Lipinski definition) is 3. The van der Waals surface area contributed by atoms with Gasteiger partial charge in [-0.3, -0.25) is 4.90 Å². The van der Waals surface area contributed by atoms with Gasteiger partial charge in [0.05, 0.1) is 6.61 Å². The molecule has 1 aromatic rings. The first-order chi connectivity index (χ1) is 8.63. The lowest BCUT2D eigenvalue weighted by Gasteiger charge is -2.25. The average Bonchev–Trinajstić information content (AvgIpc) is 2.37. The zero-order chi connectivity index (χ0) is 13.4. The predicted octanol–water partition coefficient (Wildman–Crippen LogP) is 2.05. The van der Waals surface area contributed by atoms with E-state index in [1.54, 1.807) is 7.11 Å². The normalized spacial score (nSPS) is 12.9. The SMILES string of the molecule is COCCNCC(C)N(C)Cc1ccc(C)cc1. The molecule has 102 valence electrons. The summed E-state index contributed by atoms with van der Waals surface area (Å²) in [6.45, 7) is 8.04. The second-order valence-corrected chi connectivity index (χ2v) is 4.95. The first kappa shape index (κ1) is 15.2. The quantitative estimate of drug-likeness (QED) is 0.715. The fourth-order valence-electron chi connectivity index (χ4n) is 1.78. The van der Waals surface area contributed by atoms with E-state index in [1.165, 1.54) is 11.1 Å². The Morgan fingerprint density at radius 1 is 1.28 bits per heavy atom. The molecule has 0 aromatic heterocycles. The van der Waals surface area contributed by atoms with E-state index in [0.29, 0.717) is 6.04 Å². The van der Waals surface area contributed by atoms with Crippen LogP contribution < -0.4 is 5.32 Å². The largest absolute Gasteiger partial charge is 0.383 e. The second kappa shape index (κ2) is 8.25. The molecular formula is C15H26N2O. The molecule has 1 N–H and O–H groups in total. The summed E-state index contributed by atoms with van der Waals surface area (Å²) in [6, 6.07) is 9.27. The molecule has 0 saturated carbocycles. The van der Waals surface area contributed by atoms with Crippen LogP contribution in [0.25, 0.3) is 0 Å². The Bertz CT molecular complexity index is 324. The number of aryl methyl sites for hydroxylation is 1. The van der Waals surface area contributed by atoms with Crippen molar-refractivity contribution in [1.29, 1.82) is 0 Å². The Hall–Kier alpha value is -0.900. The summed E-state index contributed by atoms with van der Waals surface area (Å²) in [7, 11) is 3.90. The average molecular weight is 250 g/mol. The zero-order valence-electron chi connectivity index (χ0n) is 12.1. The van der Waals surface area contributed by atoms with E-state index >= 15 is 0 Å². The lowest BCUT2D eigenvalue weighted by atomic mass is 10.1. The first-order valence-corrected chi connectivity index (χ1v) is 6.59. The molecule has 0 aliphatic heterocycles. The minimum atomic E-state index is 0.517. The first-order valence-electron chi connectivity index (χ1n) is 6.59. The number of likely N-dealkylation sites (N-methyl/N-ethyl adjacent to an activating group) is 1. The van der Waals surface area contributed by atoms with Crippen molar-refractivity contribution in [1.82, 2.24) is 10.2 Å². The summed E-state index contributed by atoms with van der Waals surface area (Å²) in [5.74, 6) is 0. The van der Waals surface area contributed by atoms with Gasteiger partial charge in [-0.15, -0.1) is 0 Å². The van der Waals surface area contributed by atoms with Crippen LogP contribution in [0.3, 0.4) is 0 Å². The lowest BCUT2D eigenvalue weighted by molar-refractivity contribution is 0.191. The minimum absolute atomic E-state index is 0.517. The molecule has 1 rings (SSSR count). The van der Waals surface area contributed by atoms with Gasteiger partial charge in [-0.25, -0.2) is 0 Å². The third kappa shape index (κ3) is 5.63. The van der Waals surface area contributed by atoms with Crippen molar-refractivity contribution in [3.63, 3.8) is 0 Å². The molecule has 3 heteroatoms. The number of benzene rings is 1. The maximum absolute atomic E-state index is 5.01. The second-order valence-electron chi connectivity index (χ2n) is 4.95. The van der Waals surface area contributed by atoms with Gasteiger partial charge in [-0.1, -0.05) is 29.8 Å². The van der Waals surface area contributed by atoms with Gasteiger partial charge in [0.15, 0.2) is 0 Å². The van der Waals surface area contributed by atoms with Crippen molar-refractivity contribution in [2.75, 3.05) is 33.9 Å². The maximum atomic E-state index is 5.01. The van der Waals surface area contributed by atoms with Crippen LogP contribution in [0.1, 0.15) is 18.1 Å². The molecule has 0 saturated heterocycles. The van der Waals surface area contributed by atoms with Crippen LogP contribution in [0.5, 0.6) is 0 Å². The van der Waals surface area contributed by atoms with Gasteiger partial charge in [0, 0.05) is 32.8 Å². The van der Waals surface area contributed by atoms with E-state index < -0.39 is 0 Å². The van der Waals surface area contributed by atoms with Gasteiger partial charge in [0.25, 0.3) is 0 Å². The summed E-state index contributed by atoms with van der Waals surface area (Å²) >= 11 is 0. The number of nitrogens with one attached hydrogen (secondary N) is 1. The lowest BCUT2D eigenvalue weighted by Crippen LogP contribution is -2.38. The van der Waals surface area contributed by atoms with Gasteiger partial charge in [-0.05, 0) is 26.5 Å². The summed E-state index contributed by atoms with van der Waals surface area (Å²) in [6.07, 6.45) is 0. The fourth-order valence-corrected chi connectivity index (χ4v) is 1.78. The van der Waals surface area contributed by atoms with Gasteiger partial charge >= 0.3 is 0 Å². The molecule has 1 unspecified atom stereocenters. The van der Waals surface area contributed by atoms with Crippen LogP contribution in [0.2, 0.25) is 0 Å². The summed E-state index contributed by atoms with van der Waals surface area (Å²) in [4.78, 5) is 2.37. The van der Waals surface area contributed by atoms with Crippen LogP contribution in [0.4, 0.5) is 0 Å². The van der Waals surface area contributed by atoms with E-state index in [1.807, 2.05) is 0 Å². The highest BCUT2D eigenvalue weighted by Gasteiger charge is 2.08. The van der Waals surface area contributed by atoms with Crippen molar-refractivity contribution in [2.45, 2.75) is 26.4 Å². The molecule has 0 aliphatic rings. The van der Waals surface area contributed by atoms with E-state index in [2.05, 4.69) is 55.4 Å². The Labute approximate surface area is 111 Å². The molecule has 0 amide bonds. The standard InChI is InChI=1S/C15H26N2O/c1-13-5-7-15(8-6-13)12-17(3)14(2)11-16-9-10-18-4/h5-8,14,16H,9-12H2,1-4H3. The van der Waals surface area contributed by atoms with Crippen LogP contribution in [-0.4, -0.2) is 44.8 Å². The number of ether oxygens (including phenoxy) is 1. The van der Waals surface area contributed by atoms with Crippen molar-refractivity contribution >= 4 is 0 Å². The number of hydrogen-bond donors (Lipinski definition) is 1. The Balaban J connectivity index is 2.30. The molecule has 0 spiro atoms. The molecule has 1 atom stereocenters. The van der Waals surface area contributed by atoms with Crippen LogP contribution in [-0.2, 0) is 11.3 Å². The Morgan fingerprint density at radius 3 is 2.56 bits per heavy atom. The zero-order valence-corrected chi connectivity index (χ0v) is 12.1.